The molecule has 0 amide bonds. The van der Waals surface area contributed by atoms with E-state index in [9.17, 15) is 9.59 Å². The number of rotatable bonds is 4. The van der Waals surface area contributed by atoms with Gasteiger partial charge in [0.1, 0.15) is 10.8 Å². The Hall–Kier alpha value is -1.26. The van der Waals surface area contributed by atoms with Gasteiger partial charge in [-0.1, -0.05) is 43.0 Å². The lowest BCUT2D eigenvalue weighted by atomic mass is 9.69. The van der Waals surface area contributed by atoms with E-state index < -0.39 is 18.0 Å². The Morgan fingerprint density at radius 3 is 2.60 bits per heavy atom. The van der Waals surface area contributed by atoms with Crippen LogP contribution in [0.1, 0.15) is 61.4 Å². The van der Waals surface area contributed by atoms with Gasteiger partial charge in [0, 0.05) is 11.0 Å². The summed E-state index contributed by atoms with van der Waals surface area (Å²) in [6.07, 6.45) is 6.97. The molecule has 2 aliphatic rings. The van der Waals surface area contributed by atoms with Crippen molar-refractivity contribution in [3.05, 3.63) is 27.2 Å². The summed E-state index contributed by atoms with van der Waals surface area (Å²) in [6.45, 7) is 1.57. The molecule has 1 aromatic carbocycles. The number of aryl methyl sites for hydroxylation is 1. The van der Waals surface area contributed by atoms with Gasteiger partial charge in [-0.2, -0.15) is 0 Å². The van der Waals surface area contributed by atoms with E-state index >= 15 is 0 Å². The third kappa shape index (κ3) is 3.39. The fraction of sp³-hybridized carbons (Fsp3) is 0.579. The van der Waals surface area contributed by atoms with Gasteiger partial charge in [-0.25, -0.2) is 4.79 Å². The van der Waals surface area contributed by atoms with Crippen molar-refractivity contribution in [1.29, 1.82) is 0 Å². The number of Topliss-reactive ketones (excluding diaryl/α,β-unsaturated/α-hetero) is 1. The highest BCUT2D eigenvalue weighted by Gasteiger charge is 2.45. The number of hydrogen-bond acceptors (Lipinski definition) is 3. The molecule has 1 atom stereocenters. The standard InChI is InChI=1S/C19H22Cl2O4/c1-19(12-6-2-3-7-12)8-4-5-11-9-13(25-10-14(22)23)16(20)17(21)15(11)18(19)24/h9,12H,2-8,10H2,1H3,(H,22,23). The number of aliphatic carboxylic acids is 1. The summed E-state index contributed by atoms with van der Waals surface area (Å²) < 4.78 is 5.25. The van der Waals surface area contributed by atoms with Gasteiger partial charge < -0.3 is 9.84 Å². The maximum absolute atomic E-state index is 13.4. The van der Waals surface area contributed by atoms with Gasteiger partial charge in [0.25, 0.3) is 0 Å². The third-order valence-electron chi connectivity index (χ3n) is 5.75. The minimum absolute atomic E-state index is 0.0728. The van der Waals surface area contributed by atoms with Crippen molar-refractivity contribution in [3.8, 4) is 5.75 Å². The maximum Gasteiger partial charge on any atom is 0.341 e. The van der Waals surface area contributed by atoms with Crippen molar-refractivity contribution in [2.24, 2.45) is 11.3 Å². The fourth-order valence-electron chi connectivity index (χ4n) is 4.34. The molecule has 0 saturated heterocycles. The van der Waals surface area contributed by atoms with Crippen LogP contribution in [0.15, 0.2) is 6.07 Å². The Balaban J connectivity index is 2.02. The van der Waals surface area contributed by atoms with Gasteiger partial charge in [0.15, 0.2) is 12.4 Å². The zero-order chi connectivity index (χ0) is 18.2. The lowest BCUT2D eigenvalue weighted by Gasteiger charge is -2.33. The molecular formula is C19H22Cl2O4. The van der Waals surface area contributed by atoms with Crippen LogP contribution in [0.25, 0.3) is 0 Å². The topological polar surface area (TPSA) is 63.6 Å². The molecule has 0 radical (unpaired) electrons. The van der Waals surface area contributed by atoms with Gasteiger partial charge in [-0.15, -0.1) is 0 Å². The number of hydrogen-bond donors (Lipinski definition) is 1. The summed E-state index contributed by atoms with van der Waals surface area (Å²) in [5.74, 6) is -0.399. The summed E-state index contributed by atoms with van der Waals surface area (Å²) in [6, 6.07) is 1.69. The first-order chi connectivity index (χ1) is 11.8. The highest BCUT2D eigenvalue weighted by Crippen LogP contribution is 2.50. The van der Waals surface area contributed by atoms with Crippen molar-refractivity contribution in [2.45, 2.75) is 51.9 Å². The summed E-state index contributed by atoms with van der Waals surface area (Å²) in [4.78, 5) is 24.2. The Morgan fingerprint density at radius 2 is 1.96 bits per heavy atom. The van der Waals surface area contributed by atoms with E-state index in [4.69, 9.17) is 33.0 Å². The Kier molecular flexibility index (Phi) is 5.31. The normalized spacial score (nSPS) is 24.0. The van der Waals surface area contributed by atoms with E-state index in [0.717, 1.165) is 31.2 Å². The van der Waals surface area contributed by atoms with Crippen molar-refractivity contribution in [2.75, 3.05) is 6.61 Å². The predicted octanol–water partition coefficient (Wildman–Crippen LogP) is 5.17. The van der Waals surface area contributed by atoms with Crippen molar-refractivity contribution < 1.29 is 19.4 Å². The molecule has 2 aliphatic carbocycles. The fourth-order valence-corrected chi connectivity index (χ4v) is 4.84. The molecule has 0 aromatic heterocycles. The molecule has 6 heteroatoms. The summed E-state index contributed by atoms with van der Waals surface area (Å²) in [5, 5.41) is 9.10. The van der Waals surface area contributed by atoms with Crippen molar-refractivity contribution >= 4 is 35.0 Å². The average molecular weight is 385 g/mol. The summed E-state index contributed by atoms with van der Waals surface area (Å²) in [5.41, 5.74) is 0.903. The van der Waals surface area contributed by atoms with Crippen molar-refractivity contribution in [3.63, 3.8) is 0 Å². The van der Waals surface area contributed by atoms with Crippen LogP contribution in [0.3, 0.4) is 0 Å². The lowest BCUT2D eigenvalue weighted by Crippen LogP contribution is -2.34. The van der Waals surface area contributed by atoms with Gasteiger partial charge in [-0.3, -0.25) is 4.79 Å². The molecule has 1 unspecified atom stereocenters. The largest absolute Gasteiger partial charge is 0.480 e. The molecule has 0 spiro atoms. The van der Waals surface area contributed by atoms with Crippen LogP contribution < -0.4 is 4.74 Å². The van der Waals surface area contributed by atoms with Crippen LogP contribution in [0, 0.1) is 11.3 Å². The molecule has 0 heterocycles. The van der Waals surface area contributed by atoms with Crippen molar-refractivity contribution in [1.82, 2.24) is 0 Å². The van der Waals surface area contributed by atoms with E-state index in [1.807, 2.05) is 0 Å². The third-order valence-corrected chi connectivity index (χ3v) is 6.60. The highest BCUT2D eigenvalue weighted by atomic mass is 35.5. The molecule has 0 aliphatic heterocycles. The van der Waals surface area contributed by atoms with Crippen LogP contribution in [-0.2, 0) is 11.2 Å². The number of carboxylic acids is 1. The SMILES string of the molecule is CC1(C2CCCC2)CCCc2cc(OCC(=O)O)c(Cl)c(Cl)c2C1=O. The van der Waals surface area contributed by atoms with Gasteiger partial charge in [0.2, 0.25) is 0 Å². The number of carboxylic acid groups (broad SMARTS) is 1. The van der Waals surface area contributed by atoms with E-state index in [1.165, 1.54) is 12.8 Å². The molecular weight excluding hydrogens is 363 g/mol. The van der Waals surface area contributed by atoms with E-state index in [0.29, 0.717) is 17.9 Å². The first-order valence-electron chi connectivity index (χ1n) is 8.75. The molecule has 136 valence electrons. The number of ketones is 1. The van der Waals surface area contributed by atoms with Gasteiger partial charge in [-0.05, 0) is 49.7 Å². The molecule has 3 rings (SSSR count). The molecule has 1 saturated carbocycles. The maximum atomic E-state index is 13.4. The van der Waals surface area contributed by atoms with Gasteiger partial charge >= 0.3 is 5.97 Å². The van der Waals surface area contributed by atoms with Gasteiger partial charge in [0.05, 0.1) is 5.02 Å². The number of carbonyl (C=O) groups excluding carboxylic acids is 1. The Bertz CT molecular complexity index is 710. The van der Waals surface area contributed by atoms with E-state index in [2.05, 4.69) is 6.92 Å². The Labute approximate surface area is 157 Å². The second-order valence-corrected chi connectivity index (χ2v) is 8.06. The quantitative estimate of drug-likeness (QED) is 0.726. The zero-order valence-electron chi connectivity index (χ0n) is 14.2. The second-order valence-electron chi connectivity index (χ2n) is 7.30. The van der Waals surface area contributed by atoms with Crippen LogP contribution in [0.5, 0.6) is 5.75 Å². The minimum atomic E-state index is -1.09. The molecule has 1 aromatic rings. The molecule has 4 nitrogen and oxygen atoms in total. The van der Waals surface area contributed by atoms with Crippen LogP contribution in [0.4, 0.5) is 0 Å². The van der Waals surface area contributed by atoms with Crippen LogP contribution >= 0.6 is 23.2 Å². The summed E-state index contributed by atoms with van der Waals surface area (Å²) in [7, 11) is 0. The molecule has 25 heavy (non-hydrogen) atoms. The zero-order valence-corrected chi connectivity index (χ0v) is 15.8. The average Bonchev–Trinajstić information content (AvgIpc) is 3.07. The number of halogens is 2. The second kappa shape index (κ2) is 7.16. The smallest absolute Gasteiger partial charge is 0.341 e. The number of fused-ring (bicyclic) bond motifs is 1. The number of benzene rings is 1. The number of carbonyl (C=O) groups is 2. The highest BCUT2D eigenvalue weighted by molar-refractivity contribution is 6.45. The lowest BCUT2D eigenvalue weighted by molar-refractivity contribution is -0.139. The van der Waals surface area contributed by atoms with E-state index in [-0.39, 0.29) is 21.6 Å². The number of ether oxygens (including phenoxy) is 1. The summed E-state index contributed by atoms with van der Waals surface area (Å²) >= 11 is 12.7. The predicted molar refractivity (Wildman–Crippen MR) is 96.9 cm³/mol. The van der Waals surface area contributed by atoms with Crippen LogP contribution in [0.2, 0.25) is 10.0 Å². The first kappa shape index (κ1) is 18.5. The monoisotopic (exact) mass is 384 g/mol. The minimum Gasteiger partial charge on any atom is -0.480 e. The molecule has 0 bridgehead atoms. The molecule has 1 N–H and O–H groups in total. The van der Waals surface area contributed by atoms with E-state index in [1.54, 1.807) is 6.07 Å². The first-order valence-corrected chi connectivity index (χ1v) is 9.50. The molecule has 1 fully saturated rings. The Morgan fingerprint density at radius 1 is 1.28 bits per heavy atom. The van der Waals surface area contributed by atoms with Crippen LogP contribution in [-0.4, -0.2) is 23.5 Å².